The van der Waals surface area contributed by atoms with Gasteiger partial charge in [0.1, 0.15) is 5.54 Å². The second kappa shape index (κ2) is 4.77. The maximum absolute atomic E-state index is 8.77. The largest absolute Gasteiger partial charge is 0.373 e. The molecule has 0 saturated carbocycles. The van der Waals surface area contributed by atoms with Gasteiger partial charge in [-0.3, -0.25) is 0 Å². The first kappa shape index (κ1) is 13.4. The molecule has 0 rings (SSSR count). The zero-order valence-corrected chi connectivity index (χ0v) is 9.92. The summed E-state index contributed by atoms with van der Waals surface area (Å²) in [5.41, 5.74) is 4.81. The molecule has 14 heavy (non-hydrogen) atoms. The lowest BCUT2D eigenvalue weighted by Crippen LogP contribution is -2.40. The molecular formula is C11H22N2O. The van der Waals surface area contributed by atoms with Crippen molar-refractivity contribution in [3.8, 4) is 6.07 Å². The standard InChI is InChI=1S/C11H22N2O/c1-6-10(3,4)14-9(2)7-11(5,13)8-12/h9H,6-7,13H2,1-5H3. The van der Waals surface area contributed by atoms with E-state index in [9.17, 15) is 0 Å². The van der Waals surface area contributed by atoms with Crippen LogP contribution in [0, 0.1) is 11.3 Å². The van der Waals surface area contributed by atoms with Gasteiger partial charge in [-0.1, -0.05) is 6.92 Å². The van der Waals surface area contributed by atoms with Gasteiger partial charge in [0.05, 0.1) is 17.8 Å². The van der Waals surface area contributed by atoms with Crippen molar-refractivity contribution in [2.75, 3.05) is 0 Å². The lowest BCUT2D eigenvalue weighted by Gasteiger charge is -2.30. The summed E-state index contributed by atoms with van der Waals surface area (Å²) in [6.07, 6.45) is 1.53. The van der Waals surface area contributed by atoms with Crippen LogP contribution in [0.3, 0.4) is 0 Å². The fraction of sp³-hybridized carbons (Fsp3) is 0.909. The third kappa shape index (κ3) is 5.21. The normalized spacial score (nSPS) is 18.4. The molecule has 2 unspecified atom stereocenters. The topological polar surface area (TPSA) is 59.0 Å². The molecule has 0 radical (unpaired) electrons. The van der Waals surface area contributed by atoms with E-state index in [0.29, 0.717) is 6.42 Å². The Morgan fingerprint density at radius 2 is 1.93 bits per heavy atom. The van der Waals surface area contributed by atoms with Crippen LogP contribution in [0.5, 0.6) is 0 Å². The van der Waals surface area contributed by atoms with Gasteiger partial charge >= 0.3 is 0 Å². The fourth-order valence-corrected chi connectivity index (χ4v) is 1.31. The number of hydrogen-bond donors (Lipinski definition) is 1. The SMILES string of the molecule is CCC(C)(C)OC(C)CC(C)(N)C#N. The molecule has 0 aliphatic carbocycles. The molecule has 3 nitrogen and oxygen atoms in total. The van der Waals surface area contributed by atoms with E-state index in [1.165, 1.54) is 0 Å². The van der Waals surface area contributed by atoms with Crippen LogP contribution in [0.1, 0.15) is 47.5 Å². The van der Waals surface area contributed by atoms with Crippen molar-refractivity contribution in [3.63, 3.8) is 0 Å². The highest BCUT2D eigenvalue weighted by Gasteiger charge is 2.25. The van der Waals surface area contributed by atoms with Crippen molar-refractivity contribution in [3.05, 3.63) is 0 Å². The molecule has 0 amide bonds. The van der Waals surface area contributed by atoms with Crippen molar-refractivity contribution in [1.29, 1.82) is 5.26 Å². The van der Waals surface area contributed by atoms with Crippen LogP contribution in [0.4, 0.5) is 0 Å². The molecule has 0 spiro atoms. The van der Waals surface area contributed by atoms with Crippen LogP contribution in [0.2, 0.25) is 0 Å². The van der Waals surface area contributed by atoms with Gasteiger partial charge in [0.2, 0.25) is 0 Å². The highest BCUT2D eigenvalue weighted by atomic mass is 16.5. The molecule has 0 aliphatic heterocycles. The Balaban J connectivity index is 4.13. The fourth-order valence-electron chi connectivity index (χ4n) is 1.31. The maximum atomic E-state index is 8.77. The molecule has 2 N–H and O–H groups in total. The molecule has 2 atom stereocenters. The van der Waals surface area contributed by atoms with Crippen LogP contribution in [0.15, 0.2) is 0 Å². The summed E-state index contributed by atoms with van der Waals surface area (Å²) in [6.45, 7) is 9.86. The molecular weight excluding hydrogens is 176 g/mol. The van der Waals surface area contributed by atoms with Crippen molar-refractivity contribution in [2.45, 2.75) is 64.7 Å². The smallest absolute Gasteiger partial charge is 0.103 e. The summed E-state index contributed by atoms with van der Waals surface area (Å²) >= 11 is 0. The quantitative estimate of drug-likeness (QED) is 0.736. The van der Waals surface area contributed by atoms with E-state index in [-0.39, 0.29) is 11.7 Å². The number of nitrogens with two attached hydrogens (primary N) is 1. The summed E-state index contributed by atoms with van der Waals surface area (Å²) < 4.78 is 5.79. The van der Waals surface area contributed by atoms with Crippen LogP contribution < -0.4 is 5.73 Å². The number of nitriles is 1. The van der Waals surface area contributed by atoms with E-state index in [1.54, 1.807) is 6.92 Å². The zero-order chi connectivity index (χ0) is 11.4. The molecule has 0 aliphatic rings. The first-order valence-corrected chi connectivity index (χ1v) is 5.10. The van der Waals surface area contributed by atoms with E-state index in [4.69, 9.17) is 15.7 Å². The summed E-state index contributed by atoms with van der Waals surface area (Å²) in [5.74, 6) is 0. The lowest BCUT2D eigenvalue weighted by atomic mass is 9.97. The third-order valence-electron chi connectivity index (χ3n) is 2.34. The Hall–Kier alpha value is -0.590. The van der Waals surface area contributed by atoms with E-state index in [2.05, 4.69) is 13.0 Å². The highest BCUT2D eigenvalue weighted by Crippen LogP contribution is 2.20. The van der Waals surface area contributed by atoms with Crippen molar-refractivity contribution >= 4 is 0 Å². The van der Waals surface area contributed by atoms with Crippen LogP contribution in [-0.4, -0.2) is 17.2 Å². The predicted octanol–water partition coefficient (Wildman–Crippen LogP) is 2.21. The first-order chi connectivity index (χ1) is 6.22. The van der Waals surface area contributed by atoms with E-state index in [0.717, 1.165) is 6.42 Å². The molecule has 0 aromatic heterocycles. The van der Waals surface area contributed by atoms with Crippen molar-refractivity contribution in [1.82, 2.24) is 0 Å². The zero-order valence-electron chi connectivity index (χ0n) is 9.92. The highest BCUT2D eigenvalue weighted by molar-refractivity contribution is 5.01. The Bertz CT molecular complexity index is 216. The monoisotopic (exact) mass is 198 g/mol. The Kier molecular flexibility index (Phi) is 4.57. The molecule has 3 heteroatoms. The van der Waals surface area contributed by atoms with E-state index >= 15 is 0 Å². The van der Waals surface area contributed by atoms with E-state index in [1.807, 2.05) is 20.8 Å². The minimum Gasteiger partial charge on any atom is -0.373 e. The lowest BCUT2D eigenvalue weighted by molar-refractivity contribution is -0.0721. The van der Waals surface area contributed by atoms with Crippen LogP contribution >= 0.6 is 0 Å². The number of ether oxygens (including phenoxy) is 1. The third-order valence-corrected chi connectivity index (χ3v) is 2.34. The predicted molar refractivity (Wildman–Crippen MR) is 57.7 cm³/mol. The van der Waals surface area contributed by atoms with Crippen molar-refractivity contribution in [2.24, 2.45) is 5.73 Å². The molecule has 82 valence electrons. The average Bonchev–Trinajstić information content (AvgIpc) is 2.02. The Labute approximate surface area is 87.2 Å². The summed E-state index contributed by atoms with van der Waals surface area (Å²) in [4.78, 5) is 0. The van der Waals surface area contributed by atoms with Gasteiger partial charge in [0, 0.05) is 6.42 Å². The summed E-state index contributed by atoms with van der Waals surface area (Å²) in [7, 11) is 0. The number of nitrogens with zero attached hydrogens (tertiary/aromatic N) is 1. The molecule has 0 fully saturated rings. The van der Waals surface area contributed by atoms with E-state index < -0.39 is 5.54 Å². The van der Waals surface area contributed by atoms with Gasteiger partial charge in [-0.05, 0) is 34.1 Å². The second-order valence-electron chi connectivity index (χ2n) is 4.78. The Morgan fingerprint density at radius 1 is 1.43 bits per heavy atom. The molecule has 0 bridgehead atoms. The molecule has 0 heterocycles. The first-order valence-electron chi connectivity index (χ1n) is 5.10. The van der Waals surface area contributed by atoms with Gasteiger partial charge in [0.25, 0.3) is 0 Å². The molecule has 0 saturated heterocycles. The van der Waals surface area contributed by atoms with Gasteiger partial charge in [0.15, 0.2) is 0 Å². The van der Waals surface area contributed by atoms with Gasteiger partial charge in [-0.25, -0.2) is 0 Å². The number of rotatable bonds is 5. The molecule has 0 aromatic rings. The maximum Gasteiger partial charge on any atom is 0.103 e. The van der Waals surface area contributed by atoms with Crippen LogP contribution in [0.25, 0.3) is 0 Å². The number of hydrogen-bond acceptors (Lipinski definition) is 3. The molecule has 0 aromatic carbocycles. The summed E-state index contributed by atoms with van der Waals surface area (Å²) in [5, 5.41) is 8.77. The average molecular weight is 198 g/mol. The van der Waals surface area contributed by atoms with Crippen LogP contribution in [-0.2, 0) is 4.74 Å². The van der Waals surface area contributed by atoms with Gasteiger partial charge < -0.3 is 10.5 Å². The Morgan fingerprint density at radius 3 is 2.29 bits per heavy atom. The minimum atomic E-state index is -0.788. The summed E-state index contributed by atoms with van der Waals surface area (Å²) in [6, 6.07) is 2.07. The minimum absolute atomic E-state index is 0.0135. The van der Waals surface area contributed by atoms with Gasteiger partial charge in [-0.2, -0.15) is 5.26 Å². The van der Waals surface area contributed by atoms with Crippen molar-refractivity contribution < 1.29 is 4.74 Å². The van der Waals surface area contributed by atoms with Gasteiger partial charge in [-0.15, -0.1) is 0 Å². The second-order valence-corrected chi connectivity index (χ2v) is 4.78.